The summed E-state index contributed by atoms with van der Waals surface area (Å²) in [5.41, 5.74) is 1.84. The summed E-state index contributed by atoms with van der Waals surface area (Å²) in [6.07, 6.45) is 0. The third-order valence-corrected chi connectivity index (χ3v) is 4.16. The van der Waals surface area contributed by atoms with Gasteiger partial charge in [-0.25, -0.2) is 19.6 Å². The Morgan fingerprint density at radius 1 is 0.613 bits per heavy atom. The van der Waals surface area contributed by atoms with E-state index in [1.807, 2.05) is 0 Å². The number of hydrogen-bond donors (Lipinski definition) is 2. The van der Waals surface area contributed by atoms with Crippen molar-refractivity contribution >= 4 is 137 Å². The maximum absolute atomic E-state index is 11.6. The van der Waals surface area contributed by atoms with Crippen molar-refractivity contribution in [1.82, 2.24) is 9.97 Å². The molecule has 0 aliphatic rings. The third-order valence-electron chi connectivity index (χ3n) is 4.16. The van der Waals surface area contributed by atoms with Crippen LogP contribution in [-0.4, -0.2) is 151 Å². The molecule has 0 fully saturated rings. The Kier molecular flexibility index (Phi) is 14.5. The molecule has 0 aliphatic heterocycles. The number of fused-ring (bicyclic) bond motifs is 2. The smallest absolute Gasteiger partial charge is 0.336 e. The van der Waals surface area contributed by atoms with E-state index >= 15 is 0 Å². The fraction of sp³-hybridized carbons (Fsp3) is 0. The quantitative estimate of drug-likeness (QED) is 0.406. The monoisotopic (exact) mass is 476 g/mol. The van der Waals surface area contributed by atoms with Crippen molar-refractivity contribution in [3.63, 3.8) is 0 Å². The molecule has 0 aliphatic carbocycles. The number of rotatable bonds is 3. The van der Waals surface area contributed by atoms with Gasteiger partial charge in [0.25, 0.3) is 0 Å². The van der Waals surface area contributed by atoms with Gasteiger partial charge in [0, 0.05) is 114 Å². The maximum atomic E-state index is 11.6. The van der Waals surface area contributed by atoms with Gasteiger partial charge in [-0.2, -0.15) is 0 Å². The Balaban J connectivity index is 0. The van der Waals surface area contributed by atoms with E-state index in [0.717, 1.165) is 0 Å². The molecule has 9 nitrogen and oxygen atoms in total. The normalized spacial score (nSPS) is 9.16. The summed E-state index contributed by atoms with van der Waals surface area (Å²) < 4.78 is 0. The standard InChI is InChI=1S/C20H12N2O4.2K.3H2O/c23-19(24)13-9-17(21-15-7-3-1-5-11(13)15)18-10-14(20(25)26)12-6-2-4-8-16(12)22-18;;;;;/h1-10H,(H,23,24)(H,25,26);;;3*1H2. The van der Waals surface area contributed by atoms with Crippen molar-refractivity contribution in [3.05, 3.63) is 71.8 Å². The van der Waals surface area contributed by atoms with E-state index in [2.05, 4.69) is 9.97 Å². The Morgan fingerprint density at radius 3 is 1.26 bits per heavy atom. The van der Waals surface area contributed by atoms with Crippen LogP contribution in [0.2, 0.25) is 0 Å². The molecule has 11 heteroatoms. The first-order valence-corrected chi connectivity index (χ1v) is 7.81. The van der Waals surface area contributed by atoms with Gasteiger partial charge in [-0.1, -0.05) is 36.4 Å². The molecular weight excluding hydrogens is 458 g/mol. The van der Waals surface area contributed by atoms with E-state index < -0.39 is 11.9 Å². The molecule has 8 N–H and O–H groups in total. The summed E-state index contributed by atoms with van der Waals surface area (Å²) >= 11 is 0. The van der Waals surface area contributed by atoms with E-state index in [-0.39, 0.29) is 130 Å². The van der Waals surface area contributed by atoms with Crippen LogP contribution in [0.3, 0.4) is 0 Å². The molecule has 0 atom stereocenters. The van der Waals surface area contributed by atoms with Crippen LogP contribution >= 0.6 is 0 Å². The van der Waals surface area contributed by atoms with Crippen molar-refractivity contribution in [2.45, 2.75) is 0 Å². The zero-order valence-electron chi connectivity index (χ0n) is 16.9. The molecule has 0 saturated carbocycles. The van der Waals surface area contributed by atoms with Crippen molar-refractivity contribution in [2.24, 2.45) is 0 Å². The molecule has 2 aromatic heterocycles. The van der Waals surface area contributed by atoms with E-state index in [1.54, 1.807) is 48.5 Å². The molecule has 0 amide bonds. The van der Waals surface area contributed by atoms with Gasteiger partial charge in [0.2, 0.25) is 0 Å². The number of nitrogens with zero attached hydrogens (tertiary/aromatic N) is 2. The fourth-order valence-corrected chi connectivity index (χ4v) is 2.97. The minimum atomic E-state index is -1.08. The van der Waals surface area contributed by atoms with Crippen LogP contribution in [0.1, 0.15) is 20.7 Å². The molecule has 0 unspecified atom stereocenters. The van der Waals surface area contributed by atoms with Crippen LogP contribution in [0.15, 0.2) is 60.7 Å². The number of carboxylic acids is 2. The summed E-state index contributed by atoms with van der Waals surface area (Å²) in [7, 11) is 0. The van der Waals surface area contributed by atoms with E-state index in [4.69, 9.17) is 0 Å². The van der Waals surface area contributed by atoms with E-state index in [1.165, 1.54) is 12.1 Å². The number of carbonyl (C=O) groups is 2. The van der Waals surface area contributed by atoms with Gasteiger partial charge >= 0.3 is 11.9 Å². The molecule has 4 aromatic rings. The summed E-state index contributed by atoms with van der Waals surface area (Å²) in [6, 6.07) is 16.7. The SMILES string of the molecule is O.O.O.O=C(O)c1cc(-c2cc(C(=O)O)c3ccccc3n2)nc2ccccc12.[K].[K]. The Bertz CT molecular complexity index is 1120. The third kappa shape index (κ3) is 6.68. The summed E-state index contributed by atoms with van der Waals surface area (Å²) in [5.74, 6) is -2.16. The van der Waals surface area contributed by atoms with Crippen LogP contribution in [0.4, 0.5) is 0 Å². The van der Waals surface area contributed by atoms with E-state index in [0.29, 0.717) is 33.2 Å². The first-order valence-electron chi connectivity index (χ1n) is 7.81. The molecule has 31 heavy (non-hydrogen) atoms. The number of benzene rings is 2. The van der Waals surface area contributed by atoms with Crippen LogP contribution in [0, 0.1) is 0 Å². The second kappa shape index (κ2) is 13.8. The Morgan fingerprint density at radius 2 is 0.935 bits per heavy atom. The van der Waals surface area contributed by atoms with Gasteiger partial charge in [-0.3, -0.25) is 0 Å². The molecule has 2 heterocycles. The predicted molar refractivity (Wildman–Crippen MR) is 119 cm³/mol. The van der Waals surface area contributed by atoms with E-state index in [9.17, 15) is 19.8 Å². The predicted octanol–water partition coefficient (Wildman–Crippen LogP) is 0.611. The number of aromatic carboxylic acids is 2. The average Bonchev–Trinajstić information content (AvgIpc) is 2.66. The summed E-state index contributed by atoms with van der Waals surface area (Å²) in [5, 5.41) is 20.1. The zero-order valence-corrected chi connectivity index (χ0v) is 23.1. The molecule has 4 rings (SSSR count). The number of aromatic nitrogens is 2. The molecule has 2 aromatic carbocycles. The molecular formula is C20H18K2N2O7. The van der Waals surface area contributed by atoms with Crippen LogP contribution in [0.25, 0.3) is 33.2 Å². The van der Waals surface area contributed by atoms with Gasteiger partial charge < -0.3 is 26.6 Å². The second-order valence-electron chi connectivity index (χ2n) is 5.75. The first kappa shape index (κ1) is 32.5. The first-order chi connectivity index (χ1) is 12.5. The van der Waals surface area contributed by atoms with Crippen LogP contribution in [-0.2, 0) is 0 Å². The zero-order chi connectivity index (χ0) is 18.3. The number of carboxylic acid groups (broad SMARTS) is 2. The van der Waals surface area contributed by atoms with Crippen LogP contribution in [0.5, 0.6) is 0 Å². The van der Waals surface area contributed by atoms with Gasteiger partial charge in [-0.05, 0) is 24.3 Å². The second-order valence-corrected chi connectivity index (χ2v) is 5.75. The maximum Gasteiger partial charge on any atom is 0.336 e. The average molecular weight is 477 g/mol. The molecule has 2 radical (unpaired) electrons. The topological polar surface area (TPSA) is 195 Å². The number of para-hydroxylation sites is 2. The van der Waals surface area contributed by atoms with Crippen LogP contribution < -0.4 is 0 Å². The minimum Gasteiger partial charge on any atom is -0.478 e. The van der Waals surface area contributed by atoms with Gasteiger partial charge in [-0.15, -0.1) is 0 Å². The summed E-state index contributed by atoms with van der Waals surface area (Å²) in [6.45, 7) is 0. The van der Waals surface area contributed by atoms with Crippen molar-refractivity contribution < 1.29 is 36.2 Å². The van der Waals surface area contributed by atoms with Gasteiger partial charge in [0.1, 0.15) is 0 Å². The minimum absolute atomic E-state index is 0. The largest absolute Gasteiger partial charge is 0.478 e. The molecule has 0 bridgehead atoms. The van der Waals surface area contributed by atoms with Gasteiger partial charge in [0.05, 0.1) is 33.5 Å². The molecule has 0 saturated heterocycles. The summed E-state index contributed by atoms with van der Waals surface area (Å²) in [4.78, 5) is 32.2. The number of hydrogen-bond acceptors (Lipinski definition) is 4. The van der Waals surface area contributed by atoms with Crippen molar-refractivity contribution in [2.75, 3.05) is 0 Å². The number of pyridine rings is 2. The molecule has 152 valence electrons. The molecule has 0 spiro atoms. The van der Waals surface area contributed by atoms with Crippen molar-refractivity contribution in [1.29, 1.82) is 0 Å². The van der Waals surface area contributed by atoms with Crippen molar-refractivity contribution in [3.8, 4) is 11.4 Å². The fourth-order valence-electron chi connectivity index (χ4n) is 2.97. The van der Waals surface area contributed by atoms with Gasteiger partial charge in [0.15, 0.2) is 0 Å². The Labute approximate surface area is 261 Å². The Hall–Kier alpha value is -0.647.